The molecule has 0 aliphatic heterocycles. The minimum Gasteiger partial charge on any atom is -0.513 e. The number of aromatic carboxylic acids is 1. The Morgan fingerprint density at radius 3 is 2.11 bits per heavy atom. The zero-order valence-electron chi connectivity index (χ0n) is 31.5. The maximum absolute atomic E-state index is 13.9. The first-order valence-corrected chi connectivity index (χ1v) is 19.8. The van der Waals surface area contributed by atoms with E-state index in [0.29, 0.717) is 47.6 Å². The summed E-state index contributed by atoms with van der Waals surface area (Å²) < 4.78 is 0. The molecule has 5 rings (SSSR count). The molecule has 4 aromatic rings. The van der Waals surface area contributed by atoms with Gasteiger partial charge in [-0.15, -0.1) is 11.3 Å². The molecule has 1 heterocycles. The Hall–Kier alpha value is -5.22. The number of aryl methyl sites for hydroxylation is 3. The molecule has 3 aromatic carbocycles. The van der Waals surface area contributed by atoms with Crippen LogP contribution >= 0.6 is 11.3 Å². The molecule has 10 heteroatoms. The van der Waals surface area contributed by atoms with Gasteiger partial charge in [-0.05, 0) is 129 Å². The van der Waals surface area contributed by atoms with Crippen LogP contribution in [0.25, 0.3) is 0 Å². The monoisotopic (exact) mass is 749 g/mol. The Kier molecular flexibility index (Phi) is 14.2. The predicted molar refractivity (Wildman–Crippen MR) is 216 cm³/mol. The number of hydrogen-bond acceptors (Lipinski definition) is 6. The lowest BCUT2D eigenvalue weighted by Gasteiger charge is -2.31. The van der Waals surface area contributed by atoms with Gasteiger partial charge in [0.25, 0.3) is 11.8 Å². The molecule has 0 radical (unpaired) electrons. The lowest BCUT2D eigenvalue weighted by atomic mass is 9.95. The van der Waals surface area contributed by atoms with Crippen LogP contribution in [0.4, 0.5) is 10.7 Å². The van der Waals surface area contributed by atoms with Gasteiger partial charge in [-0.1, -0.05) is 50.2 Å². The van der Waals surface area contributed by atoms with Crippen molar-refractivity contribution in [1.82, 2.24) is 4.90 Å². The second-order valence-electron chi connectivity index (χ2n) is 13.8. The van der Waals surface area contributed by atoms with Crippen molar-refractivity contribution in [3.05, 3.63) is 128 Å². The van der Waals surface area contributed by atoms with Crippen molar-refractivity contribution in [2.75, 3.05) is 10.6 Å². The number of aliphatic hydroxyl groups excluding tert-OH is 1. The second kappa shape index (κ2) is 19.2. The number of nitrogens with zero attached hydrogens (tertiary/aromatic N) is 1. The largest absolute Gasteiger partial charge is 0.513 e. The van der Waals surface area contributed by atoms with Gasteiger partial charge in [0, 0.05) is 41.6 Å². The first-order valence-electron chi connectivity index (χ1n) is 19.0. The number of allylic oxidation sites excluding steroid dienone is 2. The Labute approximate surface area is 322 Å². The van der Waals surface area contributed by atoms with Crippen LogP contribution in [0.15, 0.2) is 84.6 Å². The summed E-state index contributed by atoms with van der Waals surface area (Å²) >= 11 is 1.47. The third kappa shape index (κ3) is 10.5. The molecule has 1 aromatic heterocycles. The van der Waals surface area contributed by atoms with E-state index in [1.54, 1.807) is 31.2 Å². The van der Waals surface area contributed by atoms with Crippen LogP contribution in [0, 0.1) is 0 Å². The summed E-state index contributed by atoms with van der Waals surface area (Å²) in [4.78, 5) is 55.2. The molecule has 54 heavy (non-hydrogen) atoms. The number of hydrogen-bond donors (Lipinski definition) is 4. The summed E-state index contributed by atoms with van der Waals surface area (Å²) in [7, 11) is 0. The van der Waals surface area contributed by atoms with E-state index in [2.05, 4.69) is 24.5 Å². The molecule has 0 saturated carbocycles. The molecule has 4 N–H and O–H groups in total. The van der Waals surface area contributed by atoms with Crippen LogP contribution in [0.1, 0.15) is 124 Å². The molecule has 1 aliphatic rings. The number of amides is 3. The molecular weight excluding hydrogens is 699 g/mol. The normalized spacial score (nSPS) is 12.6. The molecule has 284 valence electrons. The molecule has 0 saturated heterocycles. The summed E-state index contributed by atoms with van der Waals surface area (Å²) in [5.41, 5.74) is 5.88. The van der Waals surface area contributed by atoms with Crippen molar-refractivity contribution in [3.63, 3.8) is 0 Å². The minimum atomic E-state index is -0.942. The fourth-order valence-corrected chi connectivity index (χ4v) is 8.27. The number of thiophene rings is 1. The van der Waals surface area contributed by atoms with Crippen LogP contribution < -0.4 is 10.6 Å². The van der Waals surface area contributed by atoms with E-state index in [4.69, 9.17) is 5.11 Å². The average molecular weight is 750 g/mol. The van der Waals surface area contributed by atoms with Gasteiger partial charge in [0.15, 0.2) is 0 Å². The maximum atomic E-state index is 13.9. The molecule has 0 atom stereocenters. The van der Waals surface area contributed by atoms with Crippen LogP contribution in [-0.4, -0.2) is 44.8 Å². The lowest BCUT2D eigenvalue weighted by molar-refractivity contribution is -0.134. The van der Waals surface area contributed by atoms with Gasteiger partial charge in [-0.2, -0.15) is 0 Å². The summed E-state index contributed by atoms with van der Waals surface area (Å²) in [6.07, 6.45) is 9.83. The quantitative estimate of drug-likeness (QED) is 0.0794. The highest BCUT2D eigenvalue weighted by Crippen LogP contribution is 2.39. The van der Waals surface area contributed by atoms with E-state index in [0.717, 1.165) is 78.5 Å². The molecule has 1 aliphatic carbocycles. The zero-order chi connectivity index (χ0) is 38.6. The number of rotatable bonds is 17. The number of nitrogens with one attached hydrogen (secondary N) is 2. The van der Waals surface area contributed by atoms with E-state index < -0.39 is 5.97 Å². The van der Waals surface area contributed by atoms with E-state index >= 15 is 0 Å². The van der Waals surface area contributed by atoms with Gasteiger partial charge in [-0.3, -0.25) is 14.4 Å². The Morgan fingerprint density at radius 2 is 1.46 bits per heavy atom. The van der Waals surface area contributed by atoms with Crippen LogP contribution in [0.5, 0.6) is 0 Å². The Bertz CT molecular complexity index is 1960. The van der Waals surface area contributed by atoms with Crippen molar-refractivity contribution >= 4 is 45.7 Å². The summed E-state index contributed by atoms with van der Waals surface area (Å²) in [5.74, 6) is -1.20. The molecule has 0 spiro atoms. The van der Waals surface area contributed by atoms with Crippen molar-refractivity contribution in [2.24, 2.45) is 0 Å². The number of aliphatic hydroxyl groups is 1. The Morgan fingerprint density at radius 1 is 0.796 bits per heavy atom. The van der Waals surface area contributed by atoms with Crippen molar-refractivity contribution in [3.8, 4) is 0 Å². The predicted octanol–water partition coefficient (Wildman–Crippen LogP) is 9.76. The van der Waals surface area contributed by atoms with Gasteiger partial charge < -0.3 is 25.7 Å². The highest BCUT2D eigenvalue weighted by atomic mass is 32.1. The molecule has 0 fully saturated rings. The van der Waals surface area contributed by atoms with Crippen LogP contribution in [0.3, 0.4) is 0 Å². The van der Waals surface area contributed by atoms with Crippen LogP contribution in [0.2, 0.25) is 0 Å². The van der Waals surface area contributed by atoms with Gasteiger partial charge >= 0.3 is 5.97 Å². The molecule has 0 bridgehead atoms. The standard InChI is InChI=1S/C44H51N3O6S/c1-4-35(5-2)47(39(49)16-10-13-36(48)6-3)28-31-11-9-12-33(27-31)41(50)46-43-40(37-14-7-8-15-38(37)54-43)42(51)45-34-25-21-30(22-26-34)18-17-29-19-23-32(24-20-29)44(52)53/h6,9,11-12,19-27,35,48H,4-5,7-8,10,13-18,28H2,1-3H3,(H,45,51)(H,46,50)(H,52,53). The number of carboxylic acid groups (broad SMARTS) is 1. The number of carbonyl (C=O) groups excluding carboxylic acids is 3. The number of fused-ring (bicyclic) bond motifs is 1. The highest BCUT2D eigenvalue weighted by Gasteiger charge is 2.27. The number of carbonyl (C=O) groups is 4. The maximum Gasteiger partial charge on any atom is 0.335 e. The third-order valence-corrected chi connectivity index (χ3v) is 11.4. The van der Waals surface area contributed by atoms with E-state index in [9.17, 15) is 24.3 Å². The highest BCUT2D eigenvalue weighted by molar-refractivity contribution is 7.17. The zero-order valence-corrected chi connectivity index (χ0v) is 32.3. The van der Waals surface area contributed by atoms with E-state index in [1.165, 1.54) is 11.3 Å². The van der Waals surface area contributed by atoms with Gasteiger partial charge in [0.2, 0.25) is 5.91 Å². The Balaban J connectivity index is 1.27. The van der Waals surface area contributed by atoms with E-state index in [-0.39, 0.29) is 35.1 Å². The van der Waals surface area contributed by atoms with Crippen molar-refractivity contribution in [1.29, 1.82) is 0 Å². The van der Waals surface area contributed by atoms with Gasteiger partial charge in [-0.25, -0.2) is 4.79 Å². The molecule has 0 unspecified atom stereocenters. The first-order chi connectivity index (χ1) is 26.1. The summed E-state index contributed by atoms with van der Waals surface area (Å²) in [6.45, 7) is 6.30. The van der Waals surface area contributed by atoms with Crippen molar-refractivity contribution in [2.45, 2.75) is 104 Å². The molecular formula is C44H51N3O6S. The molecule has 3 amide bonds. The van der Waals surface area contributed by atoms with E-state index in [1.807, 2.05) is 59.5 Å². The van der Waals surface area contributed by atoms with Crippen molar-refractivity contribution < 1.29 is 29.4 Å². The second-order valence-corrected chi connectivity index (χ2v) is 15.0. The lowest BCUT2D eigenvalue weighted by Crippen LogP contribution is -2.39. The number of carboxylic acids is 1. The third-order valence-electron chi connectivity index (χ3n) is 10.1. The van der Waals surface area contributed by atoms with Gasteiger partial charge in [0.05, 0.1) is 16.9 Å². The first kappa shape index (κ1) is 40.0. The smallest absolute Gasteiger partial charge is 0.335 e. The number of anilines is 2. The summed E-state index contributed by atoms with van der Waals surface area (Å²) in [5, 5.41) is 25.6. The summed E-state index contributed by atoms with van der Waals surface area (Å²) in [6, 6.07) is 22.0. The molecule has 9 nitrogen and oxygen atoms in total. The number of benzene rings is 3. The fraction of sp³-hybridized carbons (Fsp3) is 0.364. The topological polar surface area (TPSA) is 136 Å². The minimum absolute atomic E-state index is 0.0294. The van der Waals surface area contributed by atoms with Gasteiger partial charge in [0.1, 0.15) is 5.00 Å². The SMILES string of the molecule is CC=C(O)CCCC(=O)N(Cc1cccc(C(=O)Nc2sc3c(c2C(=O)Nc2ccc(CCc4ccc(C(=O)O)cc4)cc2)CCCC3)c1)C(CC)CC. The average Bonchev–Trinajstić information content (AvgIpc) is 3.55. The van der Waals surface area contributed by atoms with Crippen LogP contribution in [-0.2, 0) is 37.0 Å². The fourth-order valence-electron chi connectivity index (χ4n) is 6.99.